The third-order valence-electron chi connectivity index (χ3n) is 3.05. The van der Waals surface area contributed by atoms with E-state index < -0.39 is 0 Å². The fraction of sp³-hybridized carbons (Fsp3) is 0.636. The second-order valence-corrected chi connectivity index (χ2v) is 4.31. The van der Waals surface area contributed by atoms with E-state index in [1.807, 2.05) is 14.0 Å². The van der Waals surface area contributed by atoms with E-state index in [1.54, 1.807) is 0 Å². The molecular formula is C11H19N5. The molecule has 0 aromatic carbocycles. The van der Waals surface area contributed by atoms with E-state index in [0.29, 0.717) is 5.92 Å². The minimum Gasteiger partial charge on any atom is -0.360 e. The molecule has 1 aromatic rings. The quantitative estimate of drug-likeness (QED) is 0.594. The zero-order chi connectivity index (χ0) is 11.7. The van der Waals surface area contributed by atoms with E-state index in [4.69, 9.17) is 5.84 Å². The molecule has 1 fully saturated rings. The fourth-order valence-corrected chi connectivity index (χ4v) is 1.71. The molecule has 88 valence electrons. The van der Waals surface area contributed by atoms with Crippen molar-refractivity contribution in [2.75, 3.05) is 23.9 Å². The fourth-order valence-electron chi connectivity index (χ4n) is 1.71. The van der Waals surface area contributed by atoms with Crippen LogP contribution in [0.25, 0.3) is 0 Å². The van der Waals surface area contributed by atoms with Crippen LogP contribution >= 0.6 is 0 Å². The number of rotatable bonds is 4. The van der Waals surface area contributed by atoms with E-state index in [-0.39, 0.29) is 0 Å². The van der Waals surface area contributed by atoms with Crippen molar-refractivity contribution < 1.29 is 0 Å². The van der Waals surface area contributed by atoms with Gasteiger partial charge in [-0.05, 0) is 26.7 Å². The molecule has 16 heavy (non-hydrogen) atoms. The average Bonchev–Trinajstić information content (AvgIpc) is 3.12. The summed E-state index contributed by atoms with van der Waals surface area (Å²) in [7, 11) is 2.03. The number of nitrogen functional groups attached to an aromatic ring is 1. The van der Waals surface area contributed by atoms with Gasteiger partial charge in [0.05, 0.1) is 0 Å². The lowest BCUT2D eigenvalue weighted by atomic mass is 10.2. The maximum atomic E-state index is 5.49. The van der Waals surface area contributed by atoms with Gasteiger partial charge in [0.1, 0.15) is 17.5 Å². The molecule has 1 aromatic heterocycles. The van der Waals surface area contributed by atoms with E-state index >= 15 is 0 Å². The molecule has 1 aliphatic rings. The van der Waals surface area contributed by atoms with Gasteiger partial charge in [0.15, 0.2) is 0 Å². The highest BCUT2D eigenvalue weighted by Gasteiger charge is 2.28. The Morgan fingerprint density at radius 1 is 1.44 bits per heavy atom. The van der Waals surface area contributed by atoms with Crippen LogP contribution < -0.4 is 16.2 Å². The molecule has 0 amide bonds. The first-order valence-electron chi connectivity index (χ1n) is 5.73. The standard InChI is InChI=1S/C11H19N5/c1-4-16(3)11-7(2)9(15-12)13-10(14-11)8-5-6-8/h8H,4-6,12H2,1-3H3,(H,13,14,15). The molecule has 0 saturated heterocycles. The van der Waals surface area contributed by atoms with Crippen molar-refractivity contribution in [1.29, 1.82) is 0 Å². The van der Waals surface area contributed by atoms with Crippen molar-refractivity contribution in [2.45, 2.75) is 32.6 Å². The van der Waals surface area contributed by atoms with E-state index in [9.17, 15) is 0 Å². The number of aromatic nitrogens is 2. The van der Waals surface area contributed by atoms with Crippen LogP contribution in [0.5, 0.6) is 0 Å². The first-order valence-corrected chi connectivity index (χ1v) is 5.73. The molecule has 3 N–H and O–H groups in total. The average molecular weight is 221 g/mol. The van der Waals surface area contributed by atoms with E-state index in [1.165, 1.54) is 12.8 Å². The smallest absolute Gasteiger partial charge is 0.148 e. The number of nitrogens with one attached hydrogen (secondary N) is 1. The Bertz CT molecular complexity index is 386. The number of hydrogen-bond donors (Lipinski definition) is 2. The van der Waals surface area contributed by atoms with Crippen LogP contribution in [0, 0.1) is 6.92 Å². The third-order valence-corrected chi connectivity index (χ3v) is 3.05. The van der Waals surface area contributed by atoms with Crippen LogP contribution in [-0.4, -0.2) is 23.6 Å². The Morgan fingerprint density at radius 3 is 2.62 bits per heavy atom. The van der Waals surface area contributed by atoms with Crippen molar-refractivity contribution in [3.8, 4) is 0 Å². The van der Waals surface area contributed by atoms with Crippen molar-refractivity contribution in [1.82, 2.24) is 9.97 Å². The van der Waals surface area contributed by atoms with Crippen molar-refractivity contribution in [2.24, 2.45) is 5.84 Å². The predicted molar refractivity (Wildman–Crippen MR) is 65.5 cm³/mol. The summed E-state index contributed by atoms with van der Waals surface area (Å²) in [5, 5.41) is 0. The van der Waals surface area contributed by atoms with Crippen LogP contribution in [0.1, 0.15) is 37.1 Å². The van der Waals surface area contributed by atoms with E-state index in [2.05, 4.69) is 27.2 Å². The summed E-state index contributed by atoms with van der Waals surface area (Å²) in [6.45, 7) is 5.02. The van der Waals surface area contributed by atoms with Gasteiger partial charge >= 0.3 is 0 Å². The Kier molecular flexibility index (Phi) is 2.96. The minimum absolute atomic E-state index is 0.539. The first kappa shape index (κ1) is 11.1. The van der Waals surface area contributed by atoms with Crippen LogP contribution in [-0.2, 0) is 0 Å². The summed E-state index contributed by atoms with van der Waals surface area (Å²) in [4.78, 5) is 11.2. The second-order valence-electron chi connectivity index (χ2n) is 4.31. The first-order chi connectivity index (χ1) is 7.67. The van der Waals surface area contributed by atoms with Crippen LogP contribution in [0.4, 0.5) is 11.6 Å². The summed E-state index contributed by atoms with van der Waals surface area (Å²) in [6.07, 6.45) is 2.39. The molecule has 1 saturated carbocycles. The number of anilines is 2. The molecule has 2 rings (SSSR count). The molecule has 0 aliphatic heterocycles. The molecule has 0 bridgehead atoms. The number of nitrogens with zero attached hydrogens (tertiary/aromatic N) is 3. The molecule has 5 heteroatoms. The highest BCUT2D eigenvalue weighted by molar-refractivity contribution is 5.58. The second kappa shape index (κ2) is 4.25. The Balaban J connectivity index is 2.44. The number of hydrazine groups is 1. The Hall–Kier alpha value is -1.36. The third kappa shape index (κ3) is 1.95. The van der Waals surface area contributed by atoms with E-state index in [0.717, 1.165) is 29.6 Å². The summed E-state index contributed by atoms with van der Waals surface area (Å²) in [5.41, 5.74) is 3.67. The van der Waals surface area contributed by atoms with Gasteiger partial charge in [-0.3, -0.25) is 0 Å². The molecule has 1 heterocycles. The summed E-state index contributed by atoms with van der Waals surface area (Å²) in [5.74, 6) is 8.68. The lowest BCUT2D eigenvalue weighted by Crippen LogP contribution is -2.21. The summed E-state index contributed by atoms with van der Waals surface area (Å²) in [6, 6.07) is 0. The lowest BCUT2D eigenvalue weighted by molar-refractivity contribution is 0.864. The number of hydrogen-bond acceptors (Lipinski definition) is 5. The van der Waals surface area contributed by atoms with Crippen molar-refractivity contribution >= 4 is 11.6 Å². The highest BCUT2D eigenvalue weighted by Crippen LogP contribution is 2.39. The summed E-state index contributed by atoms with van der Waals surface area (Å²) < 4.78 is 0. The Labute approximate surface area is 96.0 Å². The zero-order valence-electron chi connectivity index (χ0n) is 10.1. The van der Waals surface area contributed by atoms with Gasteiger partial charge in [0.2, 0.25) is 0 Å². The molecule has 0 atom stereocenters. The van der Waals surface area contributed by atoms with Gasteiger partial charge in [-0.1, -0.05) is 0 Å². The van der Waals surface area contributed by atoms with Crippen molar-refractivity contribution in [3.05, 3.63) is 11.4 Å². The monoisotopic (exact) mass is 221 g/mol. The predicted octanol–water partition coefficient (Wildman–Crippen LogP) is 1.40. The maximum absolute atomic E-state index is 5.49. The molecule has 0 unspecified atom stereocenters. The largest absolute Gasteiger partial charge is 0.360 e. The van der Waals surface area contributed by atoms with Crippen LogP contribution in [0.3, 0.4) is 0 Å². The summed E-state index contributed by atoms with van der Waals surface area (Å²) >= 11 is 0. The molecule has 0 radical (unpaired) electrons. The van der Waals surface area contributed by atoms with Gasteiger partial charge in [-0.2, -0.15) is 0 Å². The lowest BCUT2D eigenvalue weighted by Gasteiger charge is -2.20. The van der Waals surface area contributed by atoms with Gasteiger partial charge in [0.25, 0.3) is 0 Å². The molecule has 1 aliphatic carbocycles. The zero-order valence-corrected chi connectivity index (χ0v) is 10.1. The van der Waals surface area contributed by atoms with Crippen molar-refractivity contribution in [3.63, 3.8) is 0 Å². The van der Waals surface area contributed by atoms with Crippen LogP contribution in [0.15, 0.2) is 0 Å². The van der Waals surface area contributed by atoms with Gasteiger partial charge in [-0.15, -0.1) is 0 Å². The van der Waals surface area contributed by atoms with Gasteiger partial charge < -0.3 is 10.3 Å². The normalized spacial score (nSPS) is 15.0. The number of nitrogens with two attached hydrogens (primary N) is 1. The minimum atomic E-state index is 0.539. The highest BCUT2D eigenvalue weighted by atomic mass is 15.3. The molecule has 5 nitrogen and oxygen atoms in total. The Morgan fingerprint density at radius 2 is 2.12 bits per heavy atom. The molecular weight excluding hydrogens is 202 g/mol. The maximum Gasteiger partial charge on any atom is 0.148 e. The van der Waals surface area contributed by atoms with Gasteiger partial charge in [-0.25, -0.2) is 15.8 Å². The van der Waals surface area contributed by atoms with Crippen LogP contribution in [0.2, 0.25) is 0 Å². The topological polar surface area (TPSA) is 67.1 Å². The SMILES string of the molecule is CCN(C)c1nc(C2CC2)nc(NN)c1C. The van der Waals surface area contributed by atoms with Gasteiger partial charge in [0, 0.05) is 25.1 Å². The molecule has 0 spiro atoms.